The van der Waals surface area contributed by atoms with Crippen LogP contribution in [0.5, 0.6) is 0 Å². The van der Waals surface area contributed by atoms with Crippen molar-refractivity contribution < 1.29 is 9.59 Å². The number of nitrogens with zero attached hydrogens (tertiary/aromatic N) is 4. The standard InChI is InChI=1S/C22H20Cl2N4O2/c1-15-11-20(25-28(15)19-5-3-2-4-6-19)22(30)27-9-7-26(8-10-27)21(29)16-12-17(23)14-18(24)13-16/h2-6,11-14H,7-10H2,1H3. The highest BCUT2D eigenvalue weighted by molar-refractivity contribution is 6.35. The average Bonchev–Trinajstić information content (AvgIpc) is 3.14. The third-order valence-electron chi connectivity index (χ3n) is 5.07. The van der Waals surface area contributed by atoms with Crippen LogP contribution in [0.25, 0.3) is 5.69 Å². The van der Waals surface area contributed by atoms with Crippen LogP contribution in [0.2, 0.25) is 10.0 Å². The van der Waals surface area contributed by atoms with Crippen LogP contribution in [0.15, 0.2) is 54.6 Å². The Balaban J connectivity index is 1.43. The van der Waals surface area contributed by atoms with Gasteiger partial charge in [0, 0.05) is 47.5 Å². The van der Waals surface area contributed by atoms with Gasteiger partial charge in [0.1, 0.15) is 0 Å². The van der Waals surface area contributed by atoms with Crippen molar-refractivity contribution in [3.05, 3.63) is 81.6 Å². The summed E-state index contributed by atoms with van der Waals surface area (Å²) in [4.78, 5) is 29.1. The molecule has 0 unspecified atom stereocenters. The van der Waals surface area contributed by atoms with Gasteiger partial charge >= 0.3 is 0 Å². The van der Waals surface area contributed by atoms with Gasteiger partial charge < -0.3 is 9.80 Å². The molecule has 0 aliphatic carbocycles. The van der Waals surface area contributed by atoms with Crippen molar-refractivity contribution in [2.75, 3.05) is 26.2 Å². The van der Waals surface area contributed by atoms with Gasteiger partial charge in [-0.05, 0) is 43.3 Å². The summed E-state index contributed by atoms with van der Waals surface area (Å²) in [7, 11) is 0. The average molecular weight is 443 g/mol. The number of hydrogen-bond donors (Lipinski definition) is 0. The quantitative estimate of drug-likeness (QED) is 0.613. The lowest BCUT2D eigenvalue weighted by molar-refractivity contribution is 0.0532. The monoisotopic (exact) mass is 442 g/mol. The van der Waals surface area contributed by atoms with Crippen LogP contribution in [-0.4, -0.2) is 57.6 Å². The first-order valence-corrected chi connectivity index (χ1v) is 10.3. The zero-order chi connectivity index (χ0) is 21.3. The van der Waals surface area contributed by atoms with E-state index in [2.05, 4.69) is 5.10 Å². The van der Waals surface area contributed by atoms with Crippen molar-refractivity contribution in [2.45, 2.75) is 6.92 Å². The lowest BCUT2D eigenvalue weighted by Crippen LogP contribution is -2.50. The molecule has 1 aliphatic heterocycles. The van der Waals surface area contributed by atoms with Crippen molar-refractivity contribution in [3.63, 3.8) is 0 Å². The van der Waals surface area contributed by atoms with Crippen LogP contribution in [0.4, 0.5) is 0 Å². The molecular formula is C22H20Cl2N4O2. The van der Waals surface area contributed by atoms with E-state index in [9.17, 15) is 9.59 Å². The molecule has 0 atom stereocenters. The van der Waals surface area contributed by atoms with E-state index < -0.39 is 0 Å². The van der Waals surface area contributed by atoms with Gasteiger partial charge in [-0.2, -0.15) is 5.10 Å². The Kier molecular flexibility index (Phi) is 5.79. The molecule has 0 spiro atoms. The maximum atomic E-state index is 12.9. The molecule has 30 heavy (non-hydrogen) atoms. The molecule has 1 fully saturated rings. The van der Waals surface area contributed by atoms with Crippen LogP contribution >= 0.6 is 23.2 Å². The molecule has 4 rings (SSSR count). The van der Waals surface area contributed by atoms with Crippen molar-refractivity contribution in [1.82, 2.24) is 19.6 Å². The summed E-state index contributed by atoms with van der Waals surface area (Å²) in [6.07, 6.45) is 0. The Hall–Kier alpha value is -2.83. The summed E-state index contributed by atoms with van der Waals surface area (Å²) in [6, 6.07) is 16.3. The largest absolute Gasteiger partial charge is 0.335 e. The maximum Gasteiger partial charge on any atom is 0.274 e. The zero-order valence-electron chi connectivity index (χ0n) is 16.4. The molecule has 6 nitrogen and oxygen atoms in total. The van der Waals surface area contributed by atoms with Crippen molar-refractivity contribution in [3.8, 4) is 5.69 Å². The highest BCUT2D eigenvalue weighted by atomic mass is 35.5. The predicted molar refractivity (Wildman–Crippen MR) is 117 cm³/mol. The second-order valence-corrected chi connectivity index (χ2v) is 8.03. The lowest BCUT2D eigenvalue weighted by atomic mass is 10.1. The number of aromatic nitrogens is 2. The summed E-state index contributed by atoms with van der Waals surface area (Å²) < 4.78 is 1.76. The fourth-order valence-electron chi connectivity index (χ4n) is 3.54. The highest BCUT2D eigenvalue weighted by Crippen LogP contribution is 2.21. The third kappa shape index (κ3) is 4.20. The summed E-state index contributed by atoms with van der Waals surface area (Å²) in [6.45, 7) is 3.68. The number of carbonyl (C=O) groups excluding carboxylic acids is 2. The Morgan fingerprint density at radius 3 is 2.00 bits per heavy atom. The minimum absolute atomic E-state index is 0.134. The number of hydrogen-bond acceptors (Lipinski definition) is 3. The topological polar surface area (TPSA) is 58.4 Å². The third-order valence-corrected chi connectivity index (χ3v) is 5.51. The van der Waals surface area contributed by atoms with E-state index in [1.807, 2.05) is 37.3 Å². The summed E-state index contributed by atoms with van der Waals surface area (Å²) in [5, 5.41) is 5.33. The molecule has 1 aromatic heterocycles. The number of halogens is 2. The van der Waals surface area contributed by atoms with E-state index in [1.54, 1.807) is 38.7 Å². The highest BCUT2D eigenvalue weighted by Gasteiger charge is 2.27. The molecule has 3 aromatic rings. The first kappa shape index (κ1) is 20.4. The number of amides is 2. The fourth-order valence-corrected chi connectivity index (χ4v) is 4.07. The molecule has 0 radical (unpaired) electrons. The minimum atomic E-state index is -0.143. The van der Waals surface area contributed by atoms with Crippen LogP contribution in [0.3, 0.4) is 0 Å². The number of benzene rings is 2. The first-order valence-electron chi connectivity index (χ1n) is 9.59. The Morgan fingerprint density at radius 1 is 0.833 bits per heavy atom. The van der Waals surface area contributed by atoms with Gasteiger partial charge in [0.25, 0.3) is 11.8 Å². The second-order valence-electron chi connectivity index (χ2n) is 7.16. The van der Waals surface area contributed by atoms with Gasteiger partial charge in [0.15, 0.2) is 5.69 Å². The first-order chi connectivity index (χ1) is 14.4. The maximum absolute atomic E-state index is 12.9. The summed E-state index contributed by atoms with van der Waals surface area (Å²) in [5.74, 6) is -0.277. The van der Waals surface area contributed by atoms with Crippen molar-refractivity contribution in [1.29, 1.82) is 0 Å². The molecule has 0 bridgehead atoms. The Bertz CT molecular complexity index is 1070. The van der Waals surface area contributed by atoms with Crippen LogP contribution in [0.1, 0.15) is 26.5 Å². The summed E-state index contributed by atoms with van der Waals surface area (Å²) >= 11 is 12.0. The van der Waals surface area contributed by atoms with E-state index >= 15 is 0 Å². The van der Waals surface area contributed by atoms with E-state index in [4.69, 9.17) is 23.2 Å². The van der Waals surface area contributed by atoms with E-state index in [1.165, 1.54) is 0 Å². The minimum Gasteiger partial charge on any atom is -0.335 e. The number of piperazine rings is 1. The molecule has 2 heterocycles. The van der Waals surface area contributed by atoms with Crippen molar-refractivity contribution in [2.24, 2.45) is 0 Å². The predicted octanol–water partition coefficient (Wildman–Crippen LogP) is 4.09. The molecule has 8 heteroatoms. The molecule has 154 valence electrons. The van der Waals surface area contributed by atoms with Gasteiger partial charge in [-0.25, -0.2) is 4.68 Å². The second kappa shape index (κ2) is 8.50. The normalized spacial score (nSPS) is 14.1. The van der Waals surface area contributed by atoms with Gasteiger partial charge in [-0.3, -0.25) is 9.59 Å². The molecule has 0 N–H and O–H groups in total. The van der Waals surface area contributed by atoms with Gasteiger partial charge in [-0.15, -0.1) is 0 Å². The molecular weight excluding hydrogens is 423 g/mol. The van der Waals surface area contributed by atoms with Crippen molar-refractivity contribution >= 4 is 35.0 Å². The van der Waals surface area contributed by atoms with Gasteiger partial charge in [0.2, 0.25) is 0 Å². The number of carbonyl (C=O) groups is 2. The van der Waals surface area contributed by atoms with Gasteiger partial charge in [0.05, 0.1) is 5.69 Å². The van der Waals surface area contributed by atoms with Gasteiger partial charge in [-0.1, -0.05) is 41.4 Å². The molecule has 2 amide bonds. The smallest absolute Gasteiger partial charge is 0.274 e. The SMILES string of the molecule is Cc1cc(C(=O)N2CCN(C(=O)c3cc(Cl)cc(Cl)c3)CC2)nn1-c1ccccc1. The molecule has 2 aromatic carbocycles. The number of aryl methyl sites for hydroxylation is 1. The Morgan fingerprint density at radius 2 is 1.40 bits per heavy atom. The summed E-state index contributed by atoms with van der Waals surface area (Å²) in [5.41, 5.74) is 2.64. The van der Waals surface area contributed by atoms with E-state index in [0.29, 0.717) is 47.5 Å². The van der Waals surface area contributed by atoms with E-state index in [-0.39, 0.29) is 11.8 Å². The van der Waals surface area contributed by atoms with Crippen LogP contribution < -0.4 is 0 Å². The van der Waals surface area contributed by atoms with Crippen LogP contribution in [0, 0.1) is 6.92 Å². The zero-order valence-corrected chi connectivity index (χ0v) is 17.9. The fraction of sp³-hybridized carbons (Fsp3) is 0.227. The number of rotatable bonds is 3. The molecule has 0 saturated carbocycles. The van der Waals surface area contributed by atoms with Crippen LogP contribution in [-0.2, 0) is 0 Å². The number of para-hydroxylation sites is 1. The molecule has 1 aliphatic rings. The van der Waals surface area contributed by atoms with E-state index in [0.717, 1.165) is 11.4 Å². The lowest BCUT2D eigenvalue weighted by Gasteiger charge is -2.34. The molecule has 1 saturated heterocycles. The Labute approximate surface area is 184 Å².